The normalized spacial score (nSPS) is 21.6. The molecule has 6 heteroatoms. The maximum Gasteiger partial charge on any atom is 0.277 e. The summed E-state index contributed by atoms with van der Waals surface area (Å²) in [5.41, 5.74) is 5.58. The highest BCUT2D eigenvalue weighted by Crippen LogP contribution is 2.32. The highest BCUT2D eigenvalue weighted by molar-refractivity contribution is 5.69. The first-order valence-corrected chi connectivity index (χ1v) is 5.76. The predicted octanol–water partition coefficient (Wildman–Crippen LogP) is 0.993. The number of rotatable bonds is 1. The van der Waals surface area contributed by atoms with E-state index in [1.807, 2.05) is 0 Å². The molecule has 94 valence electrons. The molecule has 0 aromatic carbocycles. The van der Waals surface area contributed by atoms with Crippen molar-refractivity contribution in [1.82, 2.24) is 9.97 Å². The van der Waals surface area contributed by atoms with Crippen LogP contribution < -0.4 is 21.9 Å². The molecule has 1 aromatic rings. The van der Waals surface area contributed by atoms with Crippen LogP contribution in [0.25, 0.3) is 0 Å². The lowest BCUT2D eigenvalue weighted by atomic mass is 9.84. The van der Waals surface area contributed by atoms with Crippen molar-refractivity contribution in [2.45, 2.75) is 39.3 Å². The summed E-state index contributed by atoms with van der Waals surface area (Å²) in [5, 5.41) is 6.53. The van der Waals surface area contributed by atoms with Crippen molar-refractivity contribution in [1.29, 1.82) is 0 Å². The number of nitrogens with one attached hydrogen (secondary N) is 3. The van der Waals surface area contributed by atoms with Crippen LogP contribution in [0.3, 0.4) is 0 Å². The van der Waals surface area contributed by atoms with E-state index in [4.69, 9.17) is 5.73 Å². The number of hydrogen-bond acceptors (Lipinski definition) is 5. The molecule has 1 unspecified atom stereocenters. The second-order valence-electron chi connectivity index (χ2n) is 5.39. The number of nitrogens with two attached hydrogens (primary N) is 1. The van der Waals surface area contributed by atoms with E-state index >= 15 is 0 Å². The number of anilines is 3. The average molecular weight is 237 g/mol. The Morgan fingerprint density at radius 3 is 2.65 bits per heavy atom. The van der Waals surface area contributed by atoms with Gasteiger partial charge in [-0.2, -0.15) is 4.98 Å². The number of hydrogen-bond donors (Lipinski definition) is 4. The number of aromatic amines is 1. The number of nitrogen functional groups attached to an aromatic ring is 1. The van der Waals surface area contributed by atoms with E-state index in [0.29, 0.717) is 17.4 Å². The molecule has 0 aliphatic carbocycles. The molecule has 1 aromatic heterocycles. The van der Waals surface area contributed by atoms with E-state index < -0.39 is 0 Å². The van der Waals surface area contributed by atoms with Gasteiger partial charge in [-0.05, 0) is 19.8 Å². The fourth-order valence-corrected chi connectivity index (χ4v) is 2.43. The molecule has 0 fully saturated rings. The minimum Gasteiger partial charge on any atom is -0.372 e. The Morgan fingerprint density at radius 2 is 2.06 bits per heavy atom. The van der Waals surface area contributed by atoms with Crippen LogP contribution in [-0.4, -0.2) is 21.5 Å². The lowest BCUT2D eigenvalue weighted by Gasteiger charge is -2.43. The number of aromatic nitrogens is 2. The first kappa shape index (κ1) is 11.8. The van der Waals surface area contributed by atoms with Crippen molar-refractivity contribution in [3.63, 3.8) is 0 Å². The maximum absolute atomic E-state index is 11.8. The zero-order valence-electron chi connectivity index (χ0n) is 10.6. The molecular formula is C11H19N5O. The Kier molecular flexibility index (Phi) is 2.52. The maximum atomic E-state index is 11.8. The van der Waals surface area contributed by atoms with E-state index in [1.54, 1.807) is 0 Å². The van der Waals surface area contributed by atoms with E-state index in [2.05, 4.69) is 48.3 Å². The van der Waals surface area contributed by atoms with Gasteiger partial charge < -0.3 is 16.4 Å². The van der Waals surface area contributed by atoms with Gasteiger partial charge >= 0.3 is 0 Å². The summed E-state index contributed by atoms with van der Waals surface area (Å²) in [6.45, 7) is 8.38. The average Bonchev–Trinajstić information content (AvgIpc) is 2.13. The Morgan fingerprint density at radius 1 is 1.41 bits per heavy atom. The Hall–Kier alpha value is -1.72. The molecule has 1 atom stereocenters. The second-order valence-corrected chi connectivity index (χ2v) is 5.39. The molecule has 2 heterocycles. The zero-order chi connectivity index (χ0) is 12.8. The molecule has 0 spiro atoms. The summed E-state index contributed by atoms with van der Waals surface area (Å²) in [6, 6.07) is 0.154. The predicted molar refractivity (Wildman–Crippen MR) is 69.2 cm³/mol. The molecule has 0 radical (unpaired) electrons. The van der Waals surface area contributed by atoms with Gasteiger partial charge in [0.25, 0.3) is 5.56 Å². The summed E-state index contributed by atoms with van der Waals surface area (Å²) in [5.74, 6) is 1.04. The minimum atomic E-state index is -0.235. The van der Waals surface area contributed by atoms with Crippen molar-refractivity contribution in [3.8, 4) is 0 Å². The first-order chi connectivity index (χ1) is 7.81. The van der Waals surface area contributed by atoms with Gasteiger partial charge in [0, 0.05) is 0 Å². The van der Waals surface area contributed by atoms with Crippen LogP contribution in [0.15, 0.2) is 4.79 Å². The van der Waals surface area contributed by atoms with E-state index in [-0.39, 0.29) is 23.1 Å². The molecule has 0 saturated carbocycles. The Labute approximate surface area is 100 Å². The van der Waals surface area contributed by atoms with Crippen molar-refractivity contribution in [3.05, 3.63) is 10.4 Å². The van der Waals surface area contributed by atoms with Crippen molar-refractivity contribution in [2.75, 3.05) is 16.4 Å². The number of nitrogens with zero attached hydrogens (tertiary/aromatic N) is 1. The number of H-pyrrole nitrogens is 1. The van der Waals surface area contributed by atoms with Gasteiger partial charge in [0.15, 0.2) is 5.82 Å². The summed E-state index contributed by atoms with van der Waals surface area (Å²) in [6.07, 6.45) is 0. The third-order valence-electron chi connectivity index (χ3n) is 3.12. The topological polar surface area (TPSA) is 95.8 Å². The van der Waals surface area contributed by atoms with Crippen LogP contribution >= 0.6 is 0 Å². The summed E-state index contributed by atoms with van der Waals surface area (Å²) in [7, 11) is 0. The van der Waals surface area contributed by atoms with E-state index in [0.717, 1.165) is 0 Å². The van der Waals surface area contributed by atoms with Crippen LogP contribution in [0.2, 0.25) is 0 Å². The fourth-order valence-electron chi connectivity index (χ4n) is 2.43. The van der Waals surface area contributed by atoms with Crippen LogP contribution in [0.1, 0.15) is 27.7 Å². The SMILES string of the molecule is CC(C)C1Nc2c(nc(N)[nH]c2=O)NC1(C)C. The van der Waals surface area contributed by atoms with E-state index in [1.165, 1.54) is 0 Å². The molecular weight excluding hydrogens is 218 g/mol. The smallest absolute Gasteiger partial charge is 0.277 e. The van der Waals surface area contributed by atoms with Gasteiger partial charge in [0.2, 0.25) is 5.95 Å². The van der Waals surface area contributed by atoms with Gasteiger partial charge in [-0.1, -0.05) is 13.8 Å². The van der Waals surface area contributed by atoms with Crippen molar-refractivity contribution >= 4 is 17.5 Å². The van der Waals surface area contributed by atoms with Gasteiger partial charge in [-0.3, -0.25) is 9.78 Å². The largest absolute Gasteiger partial charge is 0.372 e. The molecule has 5 N–H and O–H groups in total. The molecule has 0 saturated heterocycles. The standard InChI is InChI=1S/C11H19N5O/c1-5(2)7-11(3,4)16-8-6(13-7)9(17)15-10(12)14-8/h5,7,13H,1-4H3,(H4,12,14,15,16,17). The molecule has 1 aliphatic rings. The third-order valence-corrected chi connectivity index (χ3v) is 3.12. The van der Waals surface area contributed by atoms with E-state index in [9.17, 15) is 4.79 Å². The van der Waals surface area contributed by atoms with Crippen LogP contribution in [0.5, 0.6) is 0 Å². The van der Waals surface area contributed by atoms with Gasteiger partial charge in [0.1, 0.15) is 5.69 Å². The van der Waals surface area contributed by atoms with Gasteiger partial charge in [0.05, 0.1) is 11.6 Å². The zero-order valence-corrected chi connectivity index (χ0v) is 10.6. The van der Waals surface area contributed by atoms with Gasteiger partial charge in [-0.15, -0.1) is 0 Å². The minimum absolute atomic E-state index is 0.127. The second kappa shape index (κ2) is 3.65. The summed E-state index contributed by atoms with van der Waals surface area (Å²) >= 11 is 0. The summed E-state index contributed by atoms with van der Waals surface area (Å²) in [4.78, 5) is 18.4. The number of fused-ring (bicyclic) bond motifs is 1. The first-order valence-electron chi connectivity index (χ1n) is 5.76. The highest BCUT2D eigenvalue weighted by Gasteiger charge is 2.37. The molecule has 6 nitrogen and oxygen atoms in total. The van der Waals surface area contributed by atoms with Crippen LogP contribution in [0, 0.1) is 5.92 Å². The lowest BCUT2D eigenvalue weighted by Crippen LogP contribution is -2.55. The van der Waals surface area contributed by atoms with Gasteiger partial charge in [-0.25, -0.2) is 0 Å². The Bertz CT molecular complexity index is 491. The highest BCUT2D eigenvalue weighted by atomic mass is 16.1. The van der Waals surface area contributed by atoms with Crippen molar-refractivity contribution < 1.29 is 0 Å². The molecule has 0 bridgehead atoms. The summed E-state index contributed by atoms with van der Waals surface area (Å²) < 4.78 is 0. The molecule has 17 heavy (non-hydrogen) atoms. The van der Waals surface area contributed by atoms with Crippen LogP contribution in [-0.2, 0) is 0 Å². The molecule has 2 rings (SSSR count). The lowest BCUT2D eigenvalue weighted by molar-refractivity contribution is 0.371. The Balaban J connectivity index is 2.50. The monoisotopic (exact) mass is 237 g/mol. The van der Waals surface area contributed by atoms with Crippen molar-refractivity contribution in [2.24, 2.45) is 5.92 Å². The van der Waals surface area contributed by atoms with Crippen LogP contribution in [0.4, 0.5) is 17.5 Å². The molecule has 1 aliphatic heterocycles. The fraction of sp³-hybridized carbons (Fsp3) is 0.636. The third kappa shape index (κ3) is 1.94. The molecule has 0 amide bonds. The quantitative estimate of drug-likeness (QED) is 0.584.